The number of fused-ring (bicyclic) bond motifs is 1. The predicted octanol–water partition coefficient (Wildman–Crippen LogP) is 4.39. The highest BCUT2D eigenvalue weighted by molar-refractivity contribution is 5.98. The number of nitrogens with one attached hydrogen (secondary N) is 1. The molecule has 1 aromatic carbocycles. The SMILES string of the molecule is CCC1(n2c(C(=O)N(C)C)cc3cnc(Nc4ccc(N5CCOCC5)c(F)c4)nc32)CC[C@H]1C. The minimum absolute atomic E-state index is 0.0507. The summed E-state index contributed by atoms with van der Waals surface area (Å²) < 4.78 is 22.4. The summed E-state index contributed by atoms with van der Waals surface area (Å²) in [5, 5.41) is 3.98. The summed E-state index contributed by atoms with van der Waals surface area (Å²) >= 11 is 0. The third kappa shape index (κ3) is 4.01. The molecule has 1 saturated carbocycles. The molecule has 2 aromatic heterocycles. The van der Waals surface area contributed by atoms with Crippen LogP contribution in [-0.4, -0.2) is 65.7 Å². The fourth-order valence-electron chi connectivity index (χ4n) is 5.44. The lowest BCUT2D eigenvalue weighted by atomic mass is 9.65. The molecule has 8 nitrogen and oxygen atoms in total. The Balaban J connectivity index is 1.51. The minimum atomic E-state index is -0.298. The van der Waals surface area contributed by atoms with E-state index in [1.807, 2.05) is 17.0 Å². The van der Waals surface area contributed by atoms with Gasteiger partial charge in [0, 0.05) is 50.0 Å². The van der Waals surface area contributed by atoms with Crippen LogP contribution in [0.3, 0.4) is 0 Å². The molecule has 2 atom stereocenters. The quantitative estimate of drug-likeness (QED) is 0.564. The number of carbonyl (C=O) groups is 1. The molecule has 2 fully saturated rings. The van der Waals surface area contributed by atoms with Gasteiger partial charge >= 0.3 is 0 Å². The largest absolute Gasteiger partial charge is 0.378 e. The highest BCUT2D eigenvalue weighted by atomic mass is 19.1. The Bertz CT molecular complexity index is 1250. The van der Waals surface area contributed by atoms with Gasteiger partial charge < -0.3 is 24.4 Å². The van der Waals surface area contributed by atoms with Crippen LogP contribution >= 0.6 is 0 Å². The Morgan fingerprint density at radius 1 is 1.29 bits per heavy atom. The van der Waals surface area contributed by atoms with E-state index in [1.54, 1.807) is 31.3 Å². The first-order valence-electron chi connectivity index (χ1n) is 12.3. The van der Waals surface area contributed by atoms with Crippen LogP contribution in [-0.2, 0) is 10.3 Å². The lowest BCUT2D eigenvalue weighted by molar-refractivity contribution is 0.0488. The van der Waals surface area contributed by atoms with Crippen LogP contribution < -0.4 is 10.2 Å². The van der Waals surface area contributed by atoms with Crippen LogP contribution in [0.2, 0.25) is 0 Å². The van der Waals surface area contributed by atoms with Crippen molar-refractivity contribution in [3.63, 3.8) is 0 Å². The van der Waals surface area contributed by atoms with Crippen molar-refractivity contribution in [3.05, 3.63) is 42.0 Å². The molecule has 5 rings (SSSR count). The van der Waals surface area contributed by atoms with Crippen molar-refractivity contribution in [1.29, 1.82) is 0 Å². The summed E-state index contributed by atoms with van der Waals surface area (Å²) in [5.41, 5.74) is 2.35. The fraction of sp³-hybridized carbons (Fsp3) is 0.500. The third-order valence-electron chi connectivity index (χ3n) is 7.71. The Kier molecular flexibility index (Phi) is 6.13. The van der Waals surface area contributed by atoms with Gasteiger partial charge in [-0.25, -0.2) is 9.37 Å². The number of morpholine rings is 1. The van der Waals surface area contributed by atoms with E-state index in [0.29, 0.717) is 55.2 Å². The standard InChI is InChI=1S/C26H33FN6O2/c1-5-26(9-8-17(26)2)33-22(24(34)31(3)4)14-18-16-28-25(30-23(18)33)29-19-6-7-21(20(27)15-19)32-10-12-35-13-11-32/h6-7,14-17H,5,8-13H2,1-4H3,(H,28,29,30)/t17-,26?/m1/s1. The van der Waals surface area contributed by atoms with Crippen molar-refractivity contribution in [2.24, 2.45) is 5.92 Å². The average molecular weight is 481 g/mol. The number of benzene rings is 1. The van der Waals surface area contributed by atoms with Crippen molar-refractivity contribution in [2.45, 2.75) is 38.6 Å². The van der Waals surface area contributed by atoms with E-state index in [-0.39, 0.29) is 17.3 Å². The van der Waals surface area contributed by atoms with Gasteiger partial charge in [0.2, 0.25) is 5.95 Å². The van der Waals surface area contributed by atoms with E-state index in [1.165, 1.54) is 6.07 Å². The van der Waals surface area contributed by atoms with Crippen molar-refractivity contribution >= 4 is 34.3 Å². The Labute approximate surface area is 205 Å². The number of anilines is 3. The highest BCUT2D eigenvalue weighted by Gasteiger charge is 2.46. The number of ether oxygens (including phenoxy) is 1. The summed E-state index contributed by atoms with van der Waals surface area (Å²) in [6.07, 6.45) is 4.77. The molecule has 1 N–H and O–H groups in total. The molecular formula is C26H33FN6O2. The van der Waals surface area contributed by atoms with Gasteiger partial charge in [-0.2, -0.15) is 4.98 Å². The first-order chi connectivity index (χ1) is 16.8. The Hall–Kier alpha value is -3.20. The number of halogens is 1. The van der Waals surface area contributed by atoms with Gasteiger partial charge in [0.05, 0.1) is 18.9 Å². The molecule has 1 unspecified atom stereocenters. The summed E-state index contributed by atoms with van der Waals surface area (Å²) in [5.74, 6) is 0.459. The van der Waals surface area contributed by atoms with Gasteiger partial charge in [-0.15, -0.1) is 0 Å². The summed E-state index contributed by atoms with van der Waals surface area (Å²) in [6, 6.07) is 6.98. The smallest absolute Gasteiger partial charge is 0.270 e. The molecular weight excluding hydrogens is 447 g/mol. The lowest BCUT2D eigenvalue weighted by Gasteiger charge is -2.50. The molecule has 1 saturated heterocycles. The Morgan fingerprint density at radius 2 is 2.06 bits per heavy atom. The maximum absolute atomic E-state index is 14.9. The van der Waals surface area contributed by atoms with E-state index in [4.69, 9.17) is 9.72 Å². The van der Waals surface area contributed by atoms with Crippen LogP contribution in [0.15, 0.2) is 30.5 Å². The van der Waals surface area contributed by atoms with E-state index in [9.17, 15) is 9.18 Å². The molecule has 1 aliphatic carbocycles. The van der Waals surface area contributed by atoms with E-state index in [0.717, 1.165) is 30.3 Å². The van der Waals surface area contributed by atoms with Crippen molar-refractivity contribution in [1.82, 2.24) is 19.4 Å². The normalized spacial score (nSPS) is 22.2. The van der Waals surface area contributed by atoms with E-state index in [2.05, 4.69) is 28.7 Å². The molecule has 1 amide bonds. The van der Waals surface area contributed by atoms with Gasteiger partial charge in [-0.3, -0.25) is 4.79 Å². The fourth-order valence-corrected chi connectivity index (χ4v) is 5.44. The summed E-state index contributed by atoms with van der Waals surface area (Å²) in [4.78, 5) is 26.0. The molecule has 0 spiro atoms. The highest BCUT2D eigenvalue weighted by Crippen LogP contribution is 2.49. The second kappa shape index (κ2) is 9.11. The lowest BCUT2D eigenvalue weighted by Crippen LogP contribution is -2.49. The molecule has 0 radical (unpaired) electrons. The number of nitrogens with zero attached hydrogens (tertiary/aromatic N) is 5. The Morgan fingerprint density at radius 3 is 2.66 bits per heavy atom. The zero-order chi connectivity index (χ0) is 24.7. The van der Waals surface area contributed by atoms with Gasteiger partial charge in [0.15, 0.2) is 0 Å². The molecule has 186 valence electrons. The summed E-state index contributed by atoms with van der Waals surface area (Å²) in [7, 11) is 3.53. The van der Waals surface area contributed by atoms with Gasteiger partial charge in [-0.1, -0.05) is 13.8 Å². The number of aromatic nitrogens is 3. The molecule has 9 heteroatoms. The first-order valence-corrected chi connectivity index (χ1v) is 12.3. The zero-order valence-corrected chi connectivity index (χ0v) is 20.8. The van der Waals surface area contributed by atoms with Crippen molar-refractivity contribution < 1.29 is 13.9 Å². The van der Waals surface area contributed by atoms with Crippen molar-refractivity contribution in [2.75, 3.05) is 50.6 Å². The van der Waals surface area contributed by atoms with Gasteiger partial charge in [-0.05, 0) is 49.4 Å². The van der Waals surface area contributed by atoms with Crippen molar-refractivity contribution in [3.8, 4) is 0 Å². The molecule has 35 heavy (non-hydrogen) atoms. The van der Waals surface area contributed by atoms with Gasteiger partial charge in [0.1, 0.15) is 17.2 Å². The number of amides is 1. The second-order valence-electron chi connectivity index (χ2n) is 9.82. The number of hydrogen-bond acceptors (Lipinski definition) is 6. The van der Waals surface area contributed by atoms with Crippen LogP contribution in [0.4, 0.5) is 21.7 Å². The average Bonchev–Trinajstić information content (AvgIpc) is 3.23. The zero-order valence-electron chi connectivity index (χ0n) is 20.8. The number of hydrogen-bond donors (Lipinski definition) is 1. The third-order valence-corrected chi connectivity index (χ3v) is 7.71. The molecule has 3 aromatic rings. The van der Waals surface area contributed by atoms with E-state index >= 15 is 0 Å². The van der Waals surface area contributed by atoms with Crippen LogP contribution in [0.25, 0.3) is 11.0 Å². The second-order valence-corrected chi connectivity index (χ2v) is 9.82. The maximum atomic E-state index is 14.9. The van der Waals surface area contributed by atoms with E-state index < -0.39 is 0 Å². The predicted molar refractivity (Wildman–Crippen MR) is 135 cm³/mol. The van der Waals surface area contributed by atoms with Crippen LogP contribution in [0.1, 0.15) is 43.6 Å². The summed E-state index contributed by atoms with van der Waals surface area (Å²) in [6.45, 7) is 6.96. The van der Waals surface area contributed by atoms with Gasteiger partial charge in [0.25, 0.3) is 5.91 Å². The molecule has 1 aliphatic heterocycles. The topological polar surface area (TPSA) is 75.5 Å². The maximum Gasteiger partial charge on any atom is 0.270 e. The van der Waals surface area contributed by atoms with Crippen LogP contribution in [0.5, 0.6) is 0 Å². The molecule has 0 bridgehead atoms. The van der Waals surface area contributed by atoms with Crippen LogP contribution in [0, 0.1) is 11.7 Å². The minimum Gasteiger partial charge on any atom is -0.378 e. The number of carbonyl (C=O) groups excluding carboxylic acids is 1. The number of rotatable bonds is 6. The molecule has 2 aliphatic rings. The molecule has 3 heterocycles. The first kappa shape index (κ1) is 23.5. The monoisotopic (exact) mass is 480 g/mol.